The van der Waals surface area contributed by atoms with Gasteiger partial charge < -0.3 is 9.15 Å². The monoisotopic (exact) mass is 327 g/mol. The number of rotatable bonds is 7. The van der Waals surface area contributed by atoms with Gasteiger partial charge in [0.15, 0.2) is 11.6 Å². The van der Waals surface area contributed by atoms with Crippen LogP contribution in [-0.2, 0) is 16.4 Å². The van der Waals surface area contributed by atoms with Crippen molar-refractivity contribution in [3.63, 3.8) is 0 Å². The van der Waals surface area contributed by atoms with E-state index in [1.54, 1.807) is 26.0 Å². The molecule has 0 radical (unpaired) electrons. The third kappa shape index (κ3) is 4.08. The standard InChI is InChI=1S/C15H18FNO4S/c1-3-20-15-7-6-13(10-14(15)16)22(18,19)17-11(2)9-12-5-4-8-21-12/h4-8,10-11,17H,3,9H2,1-2H3/t11-/m1/s1. The van der Waals surface area contributed by atoms with Crippen molar-refractivity contribution in [2.24, 2.45) is 0 Å². The highest BCUT2D eigenvalue weighted by Crippen LogP contribution is 2.21. The molecule has 1 aromatic heterocycles. The summed E-state index contributed by atoms with van der Waals surface area (Å²) in [6, 6.07) is 6.69. The Balaban J connectivity index is 2.11. The Bertz CT molecular complexity index is 713. The molecular formula is C15H18FNO4S. The molecule has 0 saturated heterocycles. The van der Waals surface area contributed by atoms with Crippen LogP contribution in [0, 0.1) is 5.82 Å². The third-order valence-corrected chi connectivity index (χ3v) is 4.54. The fourth-order valence-corrected chi connectivity index (χ4v) is 3.28. The average Bonchev–Trinajstić information content (AvgIpc) is 2.93. The Hall–Kier alpha value is -1.86. The summed E-state index contributed by atoms with van der Waals surface area (Å²) >= 11 is 0. The molecule has 1 atom stereocenters. The van der Waals surface area contributed by atoms with Gasteiger partial charge in [-0.3, -0.25) is 0 Å². The number of nitrogens with one attached hydrogen (secondary N) is 1. The number of benzene rings is 1. The van der Waals surface area contributed by atoms with Gasteiger partial charge in [0.2, 0.25) is 10.0 Å². The SMILES string of the molecule is CCOc1ccc(S(=O)(=O)N[C@H](C)Cc2ccco2)cc1F. The second kappa shape index (κ2) is 6.93. The quantitative estimate of drug-likeness (QED) is 0.849. The summed E-state index contributed by atoms with van der Waals surface area (Å²) in [5.41, 5.74) is 0. The number of halogens is 1. The number of furan rings is 1. The summed E-state index contributed by atoms with van der Waals surface area (Å²) in [7, 11) is -3.80. The van der Waals surface area contributed by atoms with Gasteiger partial charge in [0.25, 0.3) is 0 Å². The normalized spacial score (nSPS) is 13.0. The van der Waals surface area contributed by atoms with Crippen molar-refractivity contribution in [3.8, 4) is 5.75 Å². The lowest BCUT2D eigenvalue weighted by atomic mass is 10.2. The number of hydrogen-bond acceptors (Lipinski definition) is 4. The Morgan fingerprint density at radius 1 is 1.36 bits per heavy atom. The Labute approximate surface area is 129 Å². The van der Waals surface area contributed by atoms with Gasteiger partial charge in [-0.05, 0) is 44.2 Å². The Morgan fingerprint density at radius 3 is 2.73 bits per heavy atom. The first-order valence-electron chi connectivity index (χ1n) is 6.89. The summed E-state index contributed by atoms with van der Waals surface area (Å²) in [6.45, 7) is 3.74. The van der Waals surface area contributed by atoms with E-state index in [0.717, 1.165) is 6.07 Å². The maximum Gasteiger partial charge on any atom is 0.240 e. The topological polar surface area (TPSA) is 68.5 Å². The van der Waals surface area contributed by atoms with Crippen LogP contribution in [0.15, 0.2) is 45.9 Å². The van der Waals surface area contributed by atoms with Gasteiger partial charge in [-0.2, -0.15) is 0 Å². The molecule has 0 fully saturated rings. The minimum atomic E-state index is -3.80. The molecule has 0 amide bonds. The van der Waals surface area contributed by atoms with Crippen molar-refractivity contribution in [1.29, 1.82) is 0 Å². The summed E-state index contributed by atoms with van der Waals surface area (Å²) in [6.07, 6.45) is 1.93. The lowest BCUT2D eigenvalue weighted by molar-refractivity contribution is 0.321. The smallest absolute Gasteiger partial charge is 0.240 e. The molecule has 0 unspecified atom stereocenters. The van der Waals surface area contributed by atoms with Crippen molar-refractivity contribution in [2.75, 3.05) is 6.61 Å². The van der Waals surface area contributed by atoms with Crippen LogP contribution in [0.25, 0.3) is 0 Å². The number of sulfonamides is 1. The highest BCUT2D eigenvalue weighted by Gasteiger charge is 2.20. The first-order chi connectivity index (χ1) is 10.4. The van der Waals surface area contributed by atoms with Crippen LogP contribution in [0.4, 0.5) is 4.39 Å². The zero-order valence-electron chi connectivity index (χ0n) is 12.4. The van der Waals surface area contributed by atoms with Gasteiger partial charge in [-0.1, -0.05) is 0 Å². The Kier molecular flexibility index (Phi) is 5.20. The van der Waals surface area contributed by atoms with Crippen molar-refractivity contribution in [2.45, 2.75) is 31.2 Å². The number of hydrogen-bond donors (Lipinski definition) is 1. The van der Waals surface area contributed by atoms with Gasteiger partial charge >= 0.3 is 0 Å². The molecule has 22 heavy (non-hydrogen) atoms. The van der Waals surface area contributed by atoms with E-state index >= 15 is 0 Å². The molecule has 1 N–H and O–H groups in total. The van der Waals surface area contributed by atoms with E-state index in [2.05, 4.69) is 4.72 Å². The molecule has 0 bridgehead atoms. The fourth-order valence-electron chi connectivity index (χ4n) is 2.03. The van der Waals surface area contributed by atoms with Crippen LogP contribution in [0.3, 0.4) is 0 Å². The average molecular weight is 327 g/mol. The molecule has 120 valence electrons. The molecule has 0 saturated carbocycles. The molecular weight excluding hydrogens is 309 g/mol. The van der Waals surface area contributed by atoms with E-state index in [4.69, 9.17) is 9.15 Å². The summed E-state index contributed by atoms with van der Waals surface area (Å²) in [4.78, 5) is -0.139. The maximum atomic E-state index is 13.8. The first-order valence-corrected chi connectivity index (χ1v) is 8.37. The molecule has 1 heterocycles. The predicted octanol–water partition coefficient (Wildman–Crippen LogP) is 2.73. The summed E-state index contributed by atoms with van der Waals surface area (Å²) in [5.74, 6) is 0.00145. The predicted molar refractivity (Wildman–Crippen MR) is 79.8 cm³/mol. The van der Waals surface area contributed by atoms with Crippen molar-refractivity contribution in [3.05, 3.63) is 48.2 Å². The maximum absolute atomic E-state index is 13.8. The molecule has 2 aromatic rings. The van der Waals surface area contributed by atoms with Gasteiger partial charge in [-0.15, -0.1) is 0 Å². The molecule has 5 nitrogen and oxygen atoms in total. The minimum Gasteiger partial charge on any atom is -0.491 e. The largest absolute Gasteiger partial charge is 0.491 e. The molecule has 0 aliphatic rings. The van der Waals surface area contributed by atoms with Gasteiger partial charge in [0.05, 0.1) is 17.8 Å². The highest BCUT2D eigenvalue weighted by atomic mass is 32.2. The van der Waals surface area contributed by atoms with Crippen molar-refractivity contribution in [1.82, 2.24) is 4.72 Å². The molecule has 1 aromatic carbocycles. The van der Waals surface area contributed by atoms with Crippen molar-refractivity contribution < 1.29 is 22.0 Å². The fraction of sp³-hybridized carbons (Fsp3) is 0.333. The zero-order valence-corrected chi connectivity index (χ0v) is 13.2. The Morgan fingerprint density at radius 2 is 2.14 bits per heavy atom. The molecule has 2 rings (SSSR count). The lowest BCUT2D eigenvalue weighted by Crippen LogP contribution is -2.34. The van der Waals surface area contributed by atoms with Gasteiger partial charge in [-0.25, -0.2) is 17.5 Å². The van der Waals surface area contributed by atoms with Crippen LogP contribution >= 0.6 is 0 Å². The second-order valence-electron chi connectivity index (χ2n) is 4.83. The van der Waals surface area contributed by atoms with Gasteiger partial charge in [0, 0.05) is 12.5 Å². The van der Waals surface area contributed by atoms with E-state index in [-0.39, 0.29) is 16.7 Å². The summed E-state index contributed by atoms with van der Waals surface area (Å²) < 4.78 is 51.0. The lowest BCUT2D eigenvalue weighted by Gasteiger charge is -2.14. The highest BCUT2D eigenvalue weighted by molar-refractivity contribution is 7.89. The van der Waals surface area contributed by atoms with Crippen LogP contribution < -0.4 is 9.46 Å². The van der Waals surface area contributed by atoms with E-state index in [9.17, 15) is 12.8 Å². The van der Waals surface area contributed by atoms with Crippen molar-refractivity contribution >= 4 is 10.0 Å². The zero-order chi connectivity index (χ0) is 16.2. The van der Waals surface area contributed by atoms with Crippen LogP contribution in [0.5, 0.6) is 5.75 Å². The van der Waals surface area contributed by atoms with Crippen LogP contribution in [-0.4, -0.2) is 21.1 Å². The molecule has 0 aliphatic heterocycles. The molecule has 0 spiro atoms. The van der Waals surface area contributed by atoms with Crippen LogP contribution in [0.2, 0.25) is 0 Å². The minimum absolute atomic E-state index is 0.0325. The number of ether oxygens (including phenoxy) is 1. The first kappa shape index (κ1) is 16.5. The van der Waals surface area contributed by atoms with E-state index < -0.39 is 15.8 Å². The van der Waals surface area contributed by atoms with E-state index in [0.29, 0.717) is 18.8 Å². The van der Waals surface area contributed by atoms with Crippen LogP contribution in [0.1, 0.15) is 19.6 Å². The second-order valence-corrected chi connectivity index (χ2v) is 6.55. The summed E-state index contributed by atoms with van der Waals surface area (Å²) in [5, 5.41) is 0. The van der Waals surface area contributed by atoms with E-state index in [1.165, 1.54) is 18.4 Å². The third-order valence-electron chi connectivity index (χ3n) is 2.96. The van der Waals surface area contributed by atoms with E-state index in [1.807, 2.05) is 0 Å². The van der Waals surface area contributed by atoms with Gasteiger partial charge in [0.1, 0.15) is 5.76 Å². The molecule has 7 heteroatoms. The molecule has 0 aliphatic carbocycles.